The van der Waals surface area contributed by atoms with Crippen molar-refractivity contribution < 1.29 is 14.2 Å². The summed E-state index contributed by atoms with van der Waals surface area (Å²) >= 11 is 0. The van der Waals surface area contributed by atoms with Crippen LogP contribution < -0.4 is 0 Å². The van der Waals surface area contributed by atoms with Crippen molar-refractivity contribution in [2.75, 3.05) is 26.4 Å². The van der Waals surface area contributed by atoms with Crippen molar-refractivity contribution in [2.45, 2.75) is 12.2 Å². The van der Waals surface area contributed by atoms with E-state index in [4.69, 9.17) is 14.2 Å². The zero-order chi connectivity index (χ0) is 10.1. The summed E-state index contributed by atoms with van der Waals surface area (Å²) in [4.78, 5) is 0. The quantitative estimate of drug-likeness (QED) is 0.491. The maximum Gasteiger partial charge on any atom is 0.104 e. The van der Waals surface area contributed by atoms with E-state index < -0.39 is 0 Å². The molecule has 0 bridgehead atoms. The highest BCUT2D eigenvalue weighted by Gasteiger charge is 2.26. The van der Waals surface area contributed by atoms with Gasteiger partial charge in [-0.15, -0.1) is 26.3 Å². The van der Waals surface area contributed by atoms with Gasteiger partial charge in [0.15, 0.2) is 0 Å². The average molecular weight is 186 g/mol. The van der Waals surface area contributed by atoms with Crippen LogP contribution in [0, 0.1) is 0 Å². The Balaban J connectivity index is 0.000000322. The van der Waals surface area contributed by atoms with E-state index in [9.17, 15) is 0 Å². The van der Waals surface area contributed by atoms with Crippen LogP contribution in [-0.2, 0) is 14.2 Å². The van der Waals surface area contributed by atoms with Crippen molar-refractivity contribution in [2.24, 2.45) is 0 Å². The van der Waals surface area contributed by atoms with Crippen LogP contribution in [-0.4, -0.2) is 38.6 Å². The molecule has 0 radical (unpaired) electrons. The first-order valence-electron chi connectivity index (χ1n) is 4.26. The first kappa shape index (κ1) is 12.4. The molecule has 0 saturated carbocycles. The van der Waals surface area contributed by atoms with E-state index in [0.29, 0.717) is 12.2 Å². The van der Waals surface area contributed by atoms with Gasteiger partial charge in [0, 0.05) is 0 Å². The lowest BCUT2D eigenvalue weighted by molar-refractivity contribution is 0.102. The maximum atomic E-state index is 5.23. The van der Waals surface area contributed by atoms with Gasteiger partial charge < -0.3 is 14.2 Å². The van der Waals surface area contributed by atoms with Gasteiger partial charge in [0.1, 0.15) is 12.2 Å². The van der Waals surface area contributed by atoms with Crippen LogP contribution in [0.2, 0.25) is 0 Å². The molecular formula is C10H18O3. The number of epoxide rings is 2. The molecule has 13 heavy (non-hydrogen) atoms. The van der Waals surface area contributed by atoms with Crippen LogP contribution in [0.25, 0.3) is 0 Å². The zero-order valence-electron chi connectivity index (χ0n) is 8.04. The maximum absolute atomic E-state index is 5.23. The summed E-state index contributed by atoms with van der Waals surface area (Å²) in [5.74, 6) is 0. The standard InChI is InChI=1S/C6H10O3.2C2H4/c1(5-3-8-5)7-2-6-4-9-6;2*1-2/h5-6H,1-4H2;2*1-2H2. The Morgan fingerprint density at radius 1 is 0.923 bits per heavy atom. The van der Waals surface area contributed by atoms with Gasteiger partial charge in [-0.25, -0.2) is 0 Å². The van der Waals surface area contributed by atoms with E-state index in [1.807, 2.05) is 0 Å². The predicted molar refractivity (Wildman–Crippen MR) is 52.8 cm³/mol. The molecule has 0 amide bonds. The normalized spacial score (nSPS) is 27.4. The Morgan fingerprint density at radius 3 is 1.46 bits per heavy atom. The minimum absolute atomic E-state index is 0.392. The number of rotatable bonds is 4. The molecule has 2 aliphatic heterocycles. The molecule has 3 heteroatoms. The Labute approximate surface area is 80.0 Å². The first-order valence-corrected chi connectivity index (χ1v) is 4.26. The van der Waals surface area contributed by atoms with Gasteiger partial charge in [-0.1, -0.05) is 0 Å². The van der Waals surface area contributed by atoms with Gasteiger partial charge in [0.25, 0.3) is 0 Å². The summed E-state index contributed by atoms with van der Waals surface area (Å²) in [7, 11) is 0. The monoisotopic (exact) mass is 186 g/mol. The van der Waals surface area contributed by atoms with E-state index in [2.05, 4.69) is 26.3 Å². The van der Waals surface area contributed by atoms with Crippen molar-refractivity contribution in [3.05, 3.63) is 26.3 Å². The molecule has 2 fully saturated rings. The fourth-order valence-corrected chi connectivity index (χ4v) is 0.659. The summed E-state index contributed by atoms with van der Waals surface area (Å²) < 4.78 is 15.1. The van der Waals surface area contributed by atoms with Crippen LogP contribution >= 0.6 is 0 Å². The largest absolute Gasteiger partial charge is 0.376 e. The molecule has 0 aromatic rings. The van der Waals surface area contributed by atoms with Crippen LogP contribution in [0.4, 0.5) is 0 Å². The second-order valence-corrected chi connectivity index (χ2v) is 2.45. The van der Waals surface area contributed by atoms with Crippen molar-refractivity contribution in [1.29, 1.82) is 0 Å². The third-order valence-corrected chi connectivity index (χ3v) is 1.41. The van der Waals surface area contributed by atoms with Gasteiger partial charge in [-0.05, 0) is 0 Å². The molecule has 3 nitrogen and oxygen atoms in total. The number of hydrogen-bond acceptors (Lipinski definition) is 3. The molecule has 0 aromatic heterocycles. The molecule has 0 aromatic carbocycles. The molecule has 2 rings (SSSR count). The van der Waals surface area contributed by atoms with E-state index in [0.717, 1.165) is 26.4 Å². The Bertz CT molecular complexity index is 105. The Kier molecular flexibility index (Phi) is 7.59. The van der Waals surface area contributed by atoms with Crippen molar-refractivity contribution in [3.63, 3.8) is 0 Å². The summed E-state index contributed by atoms with van der Waals surface area (Å²) in [5, 5.41) is 0. The molecule has 2 unspecified atom stereocenters. The van der Waals surface area contributed by atoms with E-state index in [-0.39, 0.29) is 0 Å². The van der Waals surface area contributed by atoms with Crippen molar-refractivity contribution >= 4 is 0 Å². The molecule has 76 valence electrons. The van der Waals surface area contributed by atoms with E-state index >= 15 is 0 Å². The molecule has 2 aliphatic rings. The van der Waals surface area contributed by atoms with Gasteiger partial charge in [0.05, 0.1) is 26.4 Å². The van der Waals surface area contributed by atoms with Crippen LogP contribution in [0.15, 0.2) is 26.3 Å². The van der Waals surface area contributed by atoms with Crippen LogP contribution in [0.3, 0.4) is 0 Å². The highest BCUT2D eigenvalue weighted by Crippen LogP contribution is 2.12. The van der Waals surface area contributed by atoms with Gasteiger partial charge in [-0.2, -0.15) is 0 Å². The summed E-state index contributed by atoms with van der Waals surface area (Å²) in [6, 6.07) is 0. The lowest BCUT2D eigenvalue weighted by Gasteiger charge is -1.95. The second kappa shape index (κ2) is 7.98. The highest BCUT2D eigenvalue weighted by atomic mass is 16.6. The van der Waals surface area contributed by atoms with Crippen molar-refractivity contribution in [3.8, 4) is 0 Å². The lowest BCUT2D eigenvalue weighted by atomic mass is 10.5. The van der Waals surface area contributed by atoms with Crippen LogP contribution in [0.5, 0.6) is 0 Å². The molecule has 2 saturated heterocycles. The van der Waals surface area contributed by atoms with Crippen molar-refractivity contribution in [1.82, 2.24) is 0 Å². The first-order chi connectivity index (χ1) is 6.45. The molecule has 0 spiro atoms. The SMILES string of the molecule is C(OCC1CO1)C1CO1.C=C.C=C. The topological polar surface area (TPSA) is 34.3 Å². The van der Waals surface area contributed by atoms with Gasteiger partial charge in [-0.3, -0.25) is 0 Å². The highest BCUT2D eigenvalue weighted by molar-refractivity contribution is 4.71. The second-order valence-electron chi connectivity index (χ2n) is 2.45. The lowest BCUT2D eigenvalue weighted by Crippen LogP contribution is -2.06. The Morgan fingerprint density at radius 2 is 1.23 bits per heavy atom. The number of hydrogen-bond donors (Lipinski definition) is 0. The van der Waals surface area contributed by atoms with Gasteiger partial charge >= 0.3 is 0 Å². The molecule has 2 atom stereocenters. The third-order valence-electron chi connectivity index (χ3n) is 1.41. The summed E-state index contributed by atoms with van der Waals surface area (Å²) in [6.45, 7) is 15.3. The Hall–Kier alpha value is -0.640. The van der Waals surface area contributed by atoms with Crippen LogP contribution in [0.1, 0.15) is 0 Å². The minimum atomic E-state index is 0.392. The van der Waals surface area contributed by atoms with E-state index in [1.165, 1.54) is 0 Å². The fourth-order valence-electron chi connectivity index (χ4n) is 0.659. The van der Waals surface area contributed by atoms with E-state index in [1.54, 1.807) is 0 Å². The fraction of sp³-hybridized carbons (Fsp3) is 0.600. The minimum Gasteiger partial charge on any atom is -0.376 e. The summed E-state index contributed by atoms with van der Waals surface area (Å²) in [6.07, 6.45) is 0.785. The molecule has 0 aliphatic carbocycles. The third kappa shape index (κ3) is 7.71. The predicted octanol–water partition coefficient (Wildman–Crippen LogP) is 1.41. The molecule has 2 heterocycles. The smallest absolute Gasteiger partial charge is 0.104 e. The number of ether oxygens (including phenoxy) is 3. The summed E-state index contributed by atoms with van der Waals surface area (Å²) in [5.41, 5.74) is 0. The average Bonchev–Trinajstić information content (AvgIpc) is 3.06. The zero-order valence-corrected chi connectivity index (χ0v) is 8.04. The van der Waals surface area contributed by atoms with Gasteiger partial charge in [0.2, 0.25) is 0 Å². The molecule has 0 N–H and O–H groups in total. The molecular weight excluding hydrogens is 168 g/mol.